The predicted octanol–water partition coefficient (Wildman–Crippen LogP) is 1.89. The molecule has 16 heavy (non-hydrogen) atoms. The second-order valence-corrected chi connectivity index (χ2v) is 4.38. The minimum atomic E-state index is -0.0447. The van der Waals surface area contributed by atoms with Gasteiger partial charge in [0.15, 0.2) is 5.17 Å². The number of amidine groups is 1. The lowest BCUT2D eigenvalue weighted by Crippen LogP contribution is -2.19. The van der Waals surface area contributed by atoms with Crippen LogP contribution in [0.4, 0.5) is 0 Å². The van der Waals surface area contributed by atoms with Crippen LogP contribution in [0.15, 0.2) is 34.5 Å². The van der Waals surface area contributed by atoms with Gasteiger partial charge in [0.1, 0.15) is 0 Å². The molecule has 0 saturated carbocycles. The number of carbonyl (C=O) groups excluding carboxylic acids is 1. The number of benzene rings is 1. The Bertz CT molecular complexity index is 473. The molecule has 1 heterocycles. The summed E-state index contributed by atoms with van der Waals surface area (Å²) in [5.74, 6) is 0.358. The van der Waals surface area contributed by atoms with Crippen molar-refractivity contribution < 1.29 is 4.79 Å². The highest BCUT2D eigenvalue weighted by atomic mass is 35.5. The maximum Gasteiger partial charge on any atom is 0.236 e. The van der Waals surface area contributed by atoms with Crippen molar-refractivity contribution in [3.8, 4) is 0 Å². The summed E-state index contributed by atoms with van der Waals surface area (Å²) in [6.45, 7) is 0. The third-order valence-electron chi connectivity index (χ3n) is 1.84. The summed E-state index contributed by atoms with van der Waals surface area (Å²) < 4.78 is 0. The summed E-state index contributed by atoms with van der Waals surface area (Å²) in [5, 5.41) is 11.5. The minimum Gasteiger partial charge on any atom is -0.303 e. The van der Waals surface area contributed by atoms with E-state index in [9.17, 15) is 4.79 Å². The van der Waals surface area contributed by atoms with Crippen molar-refractivity contribution in [2.45, 2.75) is 0 Å². The minimum absolute atomic E-state index is 0.0447. The van der Waals surface area contributed by atoms with Crippen LogP contribution in [0.1, 0.15) is 5.56 Å². The fourth-order valence-corrected chi connectivity index (χ4v) is 1.92. The zero-order chi connectivity index (χ0) is 11.4. The number of amides is 1. The first kappa shape index (κ1) is 11.2. The molecule has 0 aromatic heterocycles. The third-order valence-corrected chi connectivity index (χ3v) is 3.04. The van der Waals surface area contributed by atoms with Gasteiger partial charge in [-0.1, -0.05) is 41.6 Å². The van der Waals surface area contributed by atoms with E-state index >= 15 is 0 Å². The van der Waals surface area contributed by atoms with Gasteiger partial charge in [-0.05, 0) is 6.07 Å². The summed E-state index contributed by atoms with van der Waals surface area (Å²) in [5.41, 5.74) is 0.794. The fraction of sp³-hybridized carbons (Fsp3) is 0.100. The van der Waals surface area contributed by atoms with Crippen LogP contribution in [0.3, 0.4) is 0 Å². The van der Waals surface area contributed by atoms with E-state index in [0.717, 1.165) is 5.56 Å². The lowest BCUT2D eigenvalue weighted by Gasteiger charge is -1.94. The molecule has 0 radical (unpaired) electrons. The summed E-state index contributed by atoms with van der Waals surface area (Å²) in [4.78, 5) is 10.9. The largest absolute Gasteiger partial charge is 0.303 e. The first-order chi connectivity index (χ1) is 7.75. The Hall–Kier alpha value is -1.33. The van der Waals surface area contributed by atoms with Crippen molar-refractivity contribution in [1.82, 2.24) is 5.32 Å². The van der Waals surface area contributed by atoms with E-state index in [-0.39, 0.29) is 5.91 Å². The molecule has 1 aromatic rings. The van der Waals surface area contributed by atoms with Gasteiger partial charge in [-0.3, -0.25) is 4.79 Å². The van der Waals surface area contributed by atoms with Crippen LogP contribution < -0.4 is 5.32 Å². The number of carbonyl (C=O) groups is 1. The Kier molecular flexibility index (Phi) is 3.58. The molecule has 1 N–H and O–H groups in total. The number of halogens is 1. The van der Waals surface area contributed by atoms with Crippen LogP contribution in [-0.4, -0.2) is 23.0 Å². The molecule has 6 heteroatoms. The molecule has 1 aliphatic rings. The van der Waals surface area contributed by atoms with E-state index in [1.54, 1.807) is 12.3 Å². The van der Waals surface area contributed by atoms with Crippen molar-refractivity contribution in [2.24, 2.45) is 10.2 Å². The van der Waals surface area contributed by atoms with Crippen molar-refractivity contribution in [1.29, 1.82) is 0 Å². The Morgan fingerprint density at radius 1 is 1.44 bits per heavy atom. The highest BCUT2D eigenvalue weighted by Gasteiger charge is 2.15. The Morgan fingerprint density at radius 2 is 2.25 bits per heavy atom. The van der Waals surface area contributed by atoms with Gasteiger partial charge in [-0.15, -0.1) is 5.10 Å². The van der Waals surface area contributed by atoms with Gasteiger partial charge in [-0.2, -0.15) is 5.10 Å². The molecule has 1 amide bonds. The normalized spacial score (nSPS) is 18.3. The molecule has 0 spiro atoms. The van der Waals surface area contributed by atoms with Crippen molar-refractivity contribution in [2.75, 3.05) is 5.75 Å². The average Bonchev–Trinajstić information content (AvgIpc) is 2.67. The SMILES string of the molecule is O=C1CSC(=NN=Cc2ccccc2Cl)N1. The van der Waals surface area contributed by atoms with Crippen LogP contribution in [0.2, 0.25) is 5.02 Å². The molecule has 1 aliphatic heterocycles. The van der Waals surface area contributed by atoms with Gasteiger partial charge in [-0.25, -0.2) is 0 Å². The number of rotatable bonds is 2. The molecule has 0 bridgehead atoms. The molecule has 1 fully saturated rings. The Labute approximate surface area is 102 Å². The molecule has 1 saturated heterocycles. The average molecular weight is 254 g/mol. The predicted molar refractivity (Wildman–Crippen MR) is 67.1 cm³/mol. The molecule has 2 rings (SSSR count). The number of hydrogen-bond acceptors (Lipinski definition) is 4. The molecule has 4 nitrogen and oxygen atoms in total. The van der Waals surface area contributed by atoms with E-state index < -0.39 is 0 Å². The number of nitrogens with zero attached hydrogens (tertiary/aromatic N) is 2. The fourth-order valence-electron chi connectivity index (χ4n) is 1.10. The molecule has 0 aliphatic carbocycles. The maximum absolute atomic E-state index is 10.9. The van der Waals surface area contributed by atoms with E-state index in [4.69, 9.17) is 11.6 Å². The Morgan fingerprint density at radius 3 is 2.94 bits per heavy atom. The van der Waals surface area contributed by atoms with Crippen LogP contribution >= 0.6 is 23.4 Å². The second-order valence-electron chi connectivity index (χ2n) is 3.01. The number of nitrogens with one attached hydrogen (secondary N) is 1. The van der Waals surface area contributed by atoms with Crippen LogP contribution in [0.25, 0.3) is 0 Å². The highest BCUT2D eigenvalue weighted by molar-refractivity contribution is 8.15. The van der Waals surface area contributed by atoms with Gasteiger partial charge in [0.05, 0.1) is 12.0 Å². The van der Waals surface area contributed by atoms with E-state index in [1.165, 1.54) is 11.8 Å². The van der Waals surface area contributed by atoms with Crippen LogP contribution in [-0.2, 0) is 4.79 Å². The van der Waals surface area contributed by atoms with E-state index in [0.29, 0.717) is 15.9 Å². The van der Waals surface area contributed by atoms with Crippen LogP contribution in [0, 0.1) is 0 Å². The Balaban J connectivity index is 2.05. The summed E-state index contributed by atoms with van der Waals surface area (Å²) in [6, 6.07) is 7.33. The molecule has 0 atom stereocenters. The van der Waals surface area contributed by atoms with Gasteiger partial charge < -0.3 is 5.32 Å². The lowest BCUT2D eigenvalue weighted by atomic mass is 10.2. The quantitative estimate of drug-likeness (QED) is 0.646. The van der Waals surface area contributed by atoms with Gasteiger partial charge in [0, 0.05) is 10.6 Å². The zero-order valence-corrected chi connectivity index (χ0v) is 9.76. The van der Waals surface area contributed by atoms with Crippen molar-refractivity contribution >= 4 is 40.7 Å². The lowest BCUT2D eigenvalue weighted by molar-refractivity contribution is -0.116. The van der Waals surface area contributed by atoms with E-state index in [2.05, 4.69) is 15.5 Å². The summed E-state index contributed by atoms with van der Waals surface area (Å²) in [6.07, 6.45) is 1.56. The molecule has 82 valence electrons. The standard InChI is InChI=1S/C10H8ClN3OS/c11-8-4-2-1-3-7(8)5-12-14-10-13-9(15)6-16-10/h1-5H,6H2,(H,13,14,15). The second kappa shape index (κ2) is 5.14. The summed E-state index contributed by atoms with van der Waals surface area (Å²) >= 11 is 7.26. The molecule has 1 aromatic carbocycles. The van der Waals surface area contributed by atoms with Crippen LogP contribution in [0.5, 0.6) is 0 Å². The highest BCUT2D eigenvalue weighted by Crippen LogP contribution is 2.13. The monoisotopic (exact) mass is 253 g/mol. The maximum atomic E-state index is 10.9. The van der Waals surface area contributed by atoms with Gasteiger partial charge in [0.2, 0.25) is 5.91 Å². The number of hydrogen-bond donors (Lipinski definition) is 1. The number of thioether (sulfide) groups is 1. The molecular weight excluding hydrogens is 246 g/mol. The zero-order valence-electron chi connectivity index (χ0n) is 8.18. The first-order valence-corrected chi connectivity index (χ1v) is 5.90. The van der Waals surface area contributed by atoms with Gasteiger partial charge >= 0.3 is 0 Å². The van der Waals surface area contributed by atoms with E-state index in [1.807, 2.05) is 18.2 Å². The third kappa shape index (κ3) is 2.84. The molecule has 0 unspecified atom stereocenters. The van der Waals surface area contributed by atoms with Gasteiger partial charge in [0.25, 0.3) is 0 Å². The topological polar surface area (TPSA) is 53.8 Å². The van der Waals surface area contributed by atoms with Crippen molar-refractivity contribution in [3.05, 3.63) is 34.9 Å². The smallest absolute Gasteiger partial charge is 0.236 e. The van der Waals surface area contributed by atoms with Crippen molar-refractivity contribution in [3.63, 3.8) is 0 Å². The first-order valence-electron chi connectivity index (χ1n) is 4.54. The molecular formula is C10H8ClN3OS. The summed E-state index contributed by atoms with van der Waals surface area (Å²) in [7, 11) is 0.